The quantitative estimate of drug-likeness (QED) is 0.304. The van der Waals surface area contributed by atoms with Gasteiger partial charge in [0, 0.05) is 42.5 Å². The third-order valence-electron chi connectivity index (χ3n) is 3.11. The van der Waals surface area contributed by atoms with Gasteiger partial charge in [0.25, 0.3) is 22.5 Å². The average molecular weight is 241 g/mol. The zero-order valence-corrected chi connectivity index (χ0v) is 9.96. The second kappa shape index (κ2) is 3.02. The molecule has 0 unspecified atom stereocenters. The summed E-state index contributed by atoms with van der Waals surface area (Å²) in [6.45, 7) is 6.34. The van der Waals surface area contributed by atoms with Crippen LogP contribution in [-0.2, 0) is 5.54 Å². The Morgan fingerprint density at radius 1 is 1.35 bits per heavy atom. The number of nitroso groups, excluding NO2 is 1. The molecule has 0 aliphatic carbocycles. The van der Waals surface area contributed by atoms with Crippen LogP contribution in [0.4, 0.5) is 0 Å². The summed E-state index contributed by atoms with van der Waals surface area (Å²) in [6, 6.07) is 0. The van der Waals surface area contributed by atoms with E-state index >= 15 is 0 Å². The number of nitrogens with zero attached hydrogens (tertiary/aromatic N) is 4. The second-order valence-electron chi connectivity index (χ2n) is 4.99. The molecule has 0 bridgehead atoms. The molecule has 2 heterocycles. The van der Waals surface area contributed by atoms with Crippen molar-refractivity contribution in [2.24, 2.45) is 5.16 Å². The van der Waals surface area contributed by atoms with Gasteiger partial charge in [0.2, 0.25) is 5.71 Å². The molecule has 0 fully saturated rings. The molecule has 0 aromatic carbocycles. The highest BCUT2D eigenvalue weighted by atomic mass is 16.8. The Labute approximate surface area is 96.6 Å². The maximum atomic E-state index is 12.3. The minimum Gasteiger partial charge on any atom is -0.410 e. The highest BCUT2D eigenvalue weighted by Gasteiger charge is 2.64. The van der Waals surface area contributed by atoms with Gasteiger partial charge in [0.05, 0.1) is 0 Å². The standard InChI is InChI=1S/C9H12N4O4/c1-8(2)6(10-14)5-7(12(15)17-11-5)9(3,4)13(8)16/h1-4H3/p+1/b10-6+. The van der Waals surface area contributed by atoms with Crippen LogP contribution in [0.1, 0.15) is 39.1 Å². The number of hydrogen-bond donors (Lipinski definition) is 1. The molecule has 8 nitrogen and oxygen atoms in total. The number of hydrogen-bond acceptors (Lipinski definition) is 6. The van der Waals surface area contributed by atoms with E-state index < -0.39 is 11.1 Å². The Bertz CT molecular complexity index is 529. The van der Waals surface area contributed by atoms with Crippen LogP contribution in [0.2, 0.25) is 0 Å². The van der Waals surface area contributed by atoms with Crippen molar-refractivity contribution in [3.05, 3.63) is 21.5 Å². The van der Waals surface area contributed by atoms with Crippen molar-refractivity contribution in [3.63, 3.8) is 0 Å². The van der Waals surface area contributed by atoms with Gasteiger partial charge < -0.3 is 10.4 Å². The lowest BCUT2D eigenvalue weighted by Crippen LogP contribution is -2.58. The molecule has 1 aliphatic heterocycles. The summed E-state index contributed by atoms with van der Waals surface area (Å²) in [5.41, 5.74) is -2.05. The van der Waals surface area contributed by atoms with E-state index in [0.29, 0.717) is 4.76 Å². The molecule has 0 spiro atoms. The van der Waals surface area contributed by atoms with E-state index in [4.69, 9.17) is 5.21 Å². The summed E-state index contributed by atoms with van der Waals surface area (Å²) < 4.78 is 5.18. The first-order valence-electron chi connectivity index (χ1n) is 5.05. The maximum Gasteiger partial charge on any atom is 0.283 e. The van der Waals surface area contributed by atoms with Gasteiger partial charge in [-0.25, -0.2) is 0 Å². The highest BCUT2D eigenvalue weighted by Crippen LogP contribution is 2.36. The molecule has 2 rings (SSSR count). The molecule has 0 amide bonds. The molecule has 1 N–H and O–H groups in total. The molecule has 17 heavy (non-hydrogen) atoms. The second-order valence-corrected chi connectivity index (χ2v) is 4.99. The number of rotatable bonds is 0. The third-order valence-corrected chi connectivity index (χ3v) is 3.11. The molecule has 92 valence electrons. The van der Waals surface area contributed by atoms with Gasteiger partial charge in [0.1, 0.15) is 0 Å². The van der Waals surface area contributed by atoms with Crippen molar-refractivity contribution in [3.8, 4) is 0 Å². The van der Waals surface area contributed by atoms with Gasteiger partial charge in [-0.3, -0.25) is 4.63 Å². The molecule has 1 aliphatic rings. The molecule has 0 saturated heterocycles. The number of fused-ring (bicyclic) bond motifs is 1. The minimum absolute atomic E-state index is 0.0141. The molecule has 1 aromatic heterocycles. The van der Waals surface area contributed by atoms with Crippen molar-refractivity contribution in [1.82, 2.24) is 5.16 Å². The van der Waals surface area contributed by atoms with Crippen LogP contribution in [0.5, 0.6) is 0 Å². The van der Waals surface area contributed by atoms with E-state index in [0.717, 1.165) is 0 Å². The van der Waals surface area contributed by atoms with Crippen LogP contribution >= 0.6 is 0 Å². The van der Waals surface area contributed by atoms with Crippen LogP contribution < -0.4 is 4.90 Å². The monoisotopic (exact) mass is 241 g/mol. The lowest BCUT2D eigenvalue weighted by Gasteiger charge is -2.27. The normalized spacial score (nSPS) is 23.8. The summed E-state index contributed by atoms with van der Waals surface area (Å²) in [5.74, 6) is 0. The number of oxime groups is 1. The largest absolute Gasteiger partial charge is 0.410 e. The van der Waals surface area contributed by atoms with Crippen molar-refractivity contribution >= 4 is 5.71 Å². The topological polar surface area (TPSA) is 106 Å². The Morgan fingerprint density at radius 3 is 2.47 bits per heavy atom. The Balaban J connectivity index is 2.84. The van der Waals surface area contributed by atoms with Gasteiger partial charge in [-0.2, -0.15) is 0 Å². The first-order chi connectivity index (χ1) is 7.74. The molecule has 1 aromatic rings. The summed E-state index contributed by atoms with van der Waals surface area (Å²) in [6.07, 6.45) is 0. The lowest BCUT2D eigenvalue weighted by molar-refractivity contribution is -0.827. The fraction of sp³-hybridized carbons (Fsp3) is 0.667. The van der Waals surface area contributed by atoms with Crippen molar-refractivity contribution in [2.45, 2.75) is 38.8 Å². The van der Waals surface area contributed by atoms with Gasteiger partial charge in [-0.1, -0.05) is 5.16 Å². The summed E-state index contributed by atoms with van der Waals surface area (Å²) in [5, 5.41) is 27.1. The summed E-state index contributed by atoms with van der Waals surface area (Å²) >= 11 is 0. The van der Waals surface area contributed by atoms with Gasteiger partial charge >= 0.3 is 0 Å². The Morgan fingerprint density at radius 2 is 1.94 bits per heavy atom. The van der Waals surface area contributed by atoms with Crippen LogP contribution in [-0.4, -0.2) is 26.4 Å². The first kappa shape index (κ1) is 11.5. The minimum atomic E-state index is -1.12. The molecular weight excluding hydrogens is 228 g/mol. The zero-order valence-electron chi connectivity index (χ0n) is 9.96. The van der Waals surface area contributed by atoms with E-state index in [2.05, 4.69) is 14.9 Å². The smallest absolute Gasteiger partial charge is 0.283 e. The van der Waals surface area contributed by atoms with Crippen LogP contribution in [0.25, 0.3) is 0 Å². The third kappa shape index (κ3) is 1.20. The van der Waals surface area contributed by atoms with Crippen molar-refractivity contribution in [1.29, 1.82) is 0 Å². The Kier molecular flexibility index (Phi) is 2.04. The molecule has 0 saturated carbocycles. The fourth-order valence-corrected chi connectivity index (χ4v) is 2.27. The predicted molar refractivity (Wildman–Crippen MR) is 54.5 cm³/mol. The predicted octanol–water partition coefficient (Wildman–Crippen LogP) is 0.293. The van der Waals surface area contributed by atoms with Crippen molar-refractivity contribution in [2.75, 3.05) is 0 Å². The lowest BCUT2D eigenvalue weighted by atomic mass is 9.81. The van der Waals surface area contributed by atoms with Crippen LogP contribution in [0.3, 0.4) is 0 Å². The molecule has 0 radical (unpaired) electrons. The van der Waals surface area contributed by atoms with Gasteiger partial charge in [0.15, 0.2) is 0 Å². The maximum absolute atomic E-state index is 12.3. The van der Waals surface area contributed by atoms with Crippen LogP contribution in [0, 0.1) is 10.1 Å². The van der Waals surface area contributed by atoms with E-state index in [9.17, 15) is 10.1 Å². The van der Waals surface area contributed by atoms with Gasteiger partial charge in [-0.05, 0) is 4.90 Å². The van der Waals surface area contributed by atoms with Crippen LogP contribution in [0.15, 0.2) is 9.78 Å². The van der Waals surface area contributed by atoms with E-state index in [1.165, 1.54) is 0 Å². The Hall–Kier alpha value is -1.99. The average Bonchev–Trinajstić information content (AvgIpc) is 2.59. The molecular formula is C9H13N4O4+. The molecule has 8 heteroatoms. The van der Waals surface area contributed by atoms with Gasteiger partial charge in [-0.15, -0.1) is 0 Å². The highest BCUT2D eigenvalue weighted by molar-refractivity contribution is 6.05. The SMILES string of the molecule is CC1(C)/C(=N/O)c2no[n+]([O-])c2C(C)(C)[N+]1=O. The summed E-state index contributed by atoms with van der Waals surface area (Å²) in [4.78, 5) is 12.4. The van der Waals surface area contributed by atoms with E-state index in [-0.39, 0.29) is 22.0 Å². The van der Waals surface area contributed by atoms with E-state index in [1.807, 2.05) is 0 Å². The fourth-order valence-electron chi connectivity index (χ4n) is 2.27. The first-order valence-corrected chi connectivity index (χ1v) is 5.05. The summed E-state index contributed by atoms with van der Waals surface area (Å²) in [7, 11) is 0. The molecule has 0 atom stereocenters. The number of aromatic nitrogens is 2. The van der Waals surface area contributed by atoms with E-state index in [1.54, 1.807) is 27.7 Å². The van der Waals surface area contributed by atoms with Crippen molar-refractivity contribution < 1.29 is 19.5 Å². The zero-order chi connectivity index (χ0) is 13.0.